The van der Waals surface area contributed by atoms with Crippen LogP contribution in [0.4, 0.5) is 14.9 Å². The Morgan fingerprint density at radius 3 is 2.27 bits per heavy atom. The van der Waals surface area contributed by atoms with Crippen LogP contribution in [0.2, 0.25) is 5.02 Å². The third-order valence-electron chi connectivity index (χ3n) is 6.86. The zero-order chi connectivity index (χ0) is 29.2. The minimum absolute atomic E-state index is 0.179. The number of rotatable bonds is 5. The summed E-state index contributed by atoms with van der Waals surface area (Å²) < 4.78 is 19.0. The van der Waals surface area contributed by atoms with Gasteiger partial charge in [0.05, 0.1) is 12.1 Å². The third-order valence-corrected chi connectivity index (χ3v) is 7.27. The van der Waals surface area contributed by atoms with Gasteiger partial charge in [-0.3, -0.25) is 14.5 Å². The number of anilines is 1. The van der Waals surface area contributed by atoms with E-state index in [9.17, 15) is 18.8 Å². The molecule has 3 amide bonds. The van der Waals surface area contributed by atoms with Crippen LogP contribution < -0.4 is 5.32 Å². The Balaban J connectivity index is 1.56. The van der Waals surface area contributed by atoms with Crippen molar-refractivity contribution < 1.29 is 23.5 Å². The predicted molar refractivity (Wildman–Crippen MR) is 153 cm³/mol. The van der Waals surface area contributed by atoms with Crippen LogP contribution in [0, 0.1) is 12.7 Å². The molecule has 40 heavy (non-hydrogen) atoms. The van der Waals surface area contributed by atoms with Gasteiger partial charge in [-0.15, -0.1) is 0 Å². The van der Waals surface area contributed by atoms with Gasteiger partial charge in [0, 0.05) is 56.4 Å². The van der Waals surface area contributed by atoms with E-state index in [0.29, 0.717) is 49.0 Å². The van der Waals surface area contributed by atoms with E-state index in [1.807, 2.05) is 38.7 Å². The number of nitrogens with one attached hydrogen (secondary N) is 1. The number of aryl methyl sites for hydroxylation is 1. The second-order valence-electron chi connectivity index (χ2n) is 11.5. The van der Waals surface area contributed by atoms with Crippen LogP contribution in [-0.4, -0.2) is 76.5 Å². The Bertz CT molecular complexity index is 1290. The molecule has 4 rings (SSSR count). The molecule has 2 saturated heterocycles. The van der Waals surface area contributed by atoms with Gasteiger partial charge in [-0.2, -0.15) is 0 Å². The summed E-state index contributed by atoms with van der Waals surface area (Å²) in [5.74, 6) is -0.704. The van der Waals surface area contributed by atoms with E-state index in [1.54, 1.807) is 29.2 Å². The van der Waals surface area contributed by atoms with Crippen molar-refractivity contribution >= 4 is 41.3 Å². The van der Waals surface area contributed by atoms with Crippen molar-refractivity contribution in [3.8, 4) is 0 Å². The Hall–Kier alpha value is -3.43. The van der Waals surface area contributed by atoms with Gasteiger partial charge in [0.2, 0.25) is 11.8 Å². The lowest BCUT2D eigenvalue weighted by atomic mass is 9.99. The Morgan fingerprint density at radius 2 is 1.70 bits per heavy atom. The molecule has 1 N–H and O–H groups in total. The summed E-state index contributed by atoms with van der Waals surface area (Å²) in [4.78, 5) is 44.0. The van der Waals surface area contributed by atoms with E-state index in [1.165, 1.54) is 25.1 Å². The van der Waals surface area contributed by atoms with Gasteiger partial charge in [0.25, 0.3) is 0 Å². The van der Waals surface area contributed by atoms with Crippen LogP contribution in [0.1, 0.15) is 44.4 Å². The van der Waals surface area contributed by atoms with E-state index >= 15 is 0 Å². The first kappa shape index (κ1) is 29.6. The van der Waals surface area contributed by atoms with Crippen molar-refractivity contribution in [2.45, 2.75) is 58.8 Å². The van der Waals surface area contributed by atoms with Gasteiger partial charge in [0.15, 0.2) is 0 Å². The van der Waals surface area contributed by atoms with E-state index < -0.39 is 11.7 Å². The second-order valence-corrected chi connectivity index (χ2v) is 11.9. The van der Waals surface area contributed by atoms with E-state index in [0.717, 1.165) is 11.1 Å². The molecule has 0 spiro atoms. The molecular weight excluding hydrogens is 535 g/mol. The highest BCUT2D eigenvalue weighted by molar-refractivity contribution is 6.31. The number of benzene rings is 2. The van der Waals surface area contributed by atoms with Gasteiger partial charge >= 0.3 is 6.09 Å². The molecular formula is C30H36ClFN4O4. The molecule has 0 saturated carbocycles. The van der Waals surface area contributed by atoms with Gasteiger partial charge in [-0.25, -0.2) is 9.18 Å². The number of fused-ring (bicyclic) bond motifs is 2. The van der Waals surface area contributed by atoms with Crippen LogP contribution in [0.5, 0.6) is 0 Å². The maximum Gasteiger partial charge on any atom is 0.410 e. The Labute approximate surface area is 239 Å². The lowest BCUT2D eigenvalue weighted by Crippen LogP contribution is -2.70. The molecule has 8 nitrogen and oxygen atoms in total. The molecule has 10 heteroatoms. The first-order chi connectivity index (χ1) is 18.8. The lowest BCUT2D eigenvalue weighted by molar-refractivity contribution is -0.140. The van der Waals surface area contributed by atoms with Gasteiger partial charge in [-0.1, -0.05) is 23.7 Å². The summed E-state index contributed by atoms with van der Waals surface area (Å²) in [6.45, 7) is 11.1. The molecule has 2 heterocycles. The van der Waals surface area contributed by atoms with E-state index in [-0.39, 0.29) is 29.7 Å². The molecule has 0 aliphatic carbocycles. The summed E-state index contributed by atoms with van der Waals surface area (Å²) in [6.07, 6.45) is 2.80. The molecule has 214 valence electrons. The standard InChI is InChI=1S/C30H36ClFN4O4/c1-19-12-22(27(13-26(19)31)33-20(2)37)8-11-28(38)36-24-15-34(14-21-6-9-23(32)10-7-21)16-25(36)18-35(17-24)29(39)40-30(3,4)5/h6-13,24-25H,14-18H2,1-5H3,(H,33,37)/b11-8+. The number of hydrogen-bond donors (Lipinski definition) is 1. The third kappa shape index (κ3) is 7.40. The lowest BCUT2D eigenvalue weighted by Gasteiger charge is -2.52. The molecule has 2 aromatic carbocycles. The number of nitrogens with zero attached hydrogens (tertiary/aromatic N) is 3. The average molecular weight is 571 g/mol. The first-order valence-electron chi connectivity index (χ1n) is 13.3. The molecule has 2 atom stereocenters. The fraction of sp³-hybridized carbons (Fsp3) is 0.433. The number of ether oxygens (including phenoxy) is 1. The second kappa shape index (κ2) is 12.0. The predicted octanol–water partition coefficient (Wildman–Crippen LogP) is 5.09. The van der Waals surface area contributed by atoms with Gasteiger partial charge in [0.1, 0.15) is 11.4 Å². The Kier molecular flexibility index (Phi) is 8.85. The molecule has 2 aliphatic rings. The van der Waals surface area contributed by atoms with E-state index in [4.69, 9.17) is 16.3 Å². The van der Waals surface area contributed by atoms with Crippen molar-refractivity contribution in [3.05, 3.63) is 70.0 Å². The number of carbonyl (C=O) groups excluding carboxylic acids is 3. The van der Waals surface area contributed by atoms with Crippen molar-refractivity contribution in [3.63, 3.8) is 0 Å². The topological polar surface area (TPSA) is 82.2 Å². The van der Waals surface area contributed by atoms with Crippen molar-refractivity contribution in [2.75, 3.05) is 31.5 Å². The SMILES string of the molecule is CC(=O)Nc1cc(Cl)c(C)cc1/C=C/C(=O)N1C2CN(Cc3ccc(F)cc3)CC1CN(C(=O)OC(C)(C)C)C2. The molecule has 2 aromatic rings. The maximum atomic E-state index is 13.6. The minimum atomic E-state index is -0.626. The fourth-order valence-electron chi connectivity index (χ4n) is 5.22. The molecule has 0 aromatic heterocycles. The molecule has 2 aliphatic heterocycles. The van der Waals surface area contributed by atoms with Gasteiger partial charge in [-0.05, 0) is 74.7 Å². The Morgan fingerprint density at radius 1 is 1.07 bits per heavy atom. The normalized spacial score (nSPS) is 19.6. The van der Waals surface area contributed by atoms with E-state index in [2.05, 4.69) is 10.2 Å². The number of halogens is 2. The first-order valence-corrected chi connectivity index (χ1v) is 13.7. The highest BCUT2D eigenvalue weighted by Crippen LogP contribution is 2.29. The molecule has 2 unspecified atom stereocenters. The molecule has 2 bridgehead atoms. The highest BCUT2D eigenvalue weighted by Gasteiger charge is 2.44. The van der Waals surface area contributed by atoms with Crippen molar-refractivity contribution in [1.29, 1.82) is 0 Å². The number of carbonyl (C=O) groups is 3. The van der Waals surface area contributed by atoms with Crippen LogP contribution in [0.3, 0.4) is 0 Å². The van der Waals surface area contributed by atoms with Crippen LogP contribution in [0.15, 0.2) is 42.5 Å². The van der Waals surface area contributed by atoms with Crippen molar-refractivity contribution in [1.82, 2.24) is 14.7 Å². The number of hydrogen-bond acceptors (Lipinski definition) is 5. The monoisotopic (exact) mass is 570 g/mol. The van der Waals surface area contributed by atoms with Crippen molar-refractivity contribution in [2.24, 2.45) is 0 Å². The van der Waals surface area contributed by atoms with Crippen LogP contribution in [-0.2, 0) is 20.9 Å². The zero-order valence-corrected chi connectivity index (χ0v) is 24.3. The molecule has 0 radical (unpaired) electrons. The van der Waals surface area contributed by atoms with Crippen LogP contribution in [0.25, 0.3) is 6.08 Å². The molecule has 2 fully saturated rings. The zero-order valence-electron chi connectivity index (χ0n) is 23.5. The van der Waals surface area contributed by atoms with Crippen LogP contribution >= 0.6 is 11.6 Å². The summed E-state index contributed by atoms with van der Waals surface area (Å²) >= 11 is 6.26. The minimum Gasteiger partial charge on any atom is -0.444 e. The summed E-state index contributed by atoms with van der Waals surface area (Å²) in [7, 11) is 0. The summed E-state index contributed by atoms with van der Waals surface area (Å²) in [5, 5.41) is 3.28. The average Bonchev–Trinajstić information content (AvgIpc) is 2.84. The smallest absolute Gasteiger partial charge is 0.410 e. The largest absolute Gasteiger partial charge is 0.444 e. The number of piperazine rings is 2. The number of amides is 3. The maximum absolute atomic E-state index is 13.6. The summed E-state index contributed by atoms with van der Waals surface area (Å²) in [6, 6.07) is 9.38. The highest BCUT2D eigenvalue weighted by atomic mass is 35.5. The summed E-state index contributed by atoms with van der Waals surface area (Å²) in [5.41, 5.74) is 2.36. The fourth-order valence-corrected chi connectivity index (χ4v) is 5.38. The van der Waals surface area contributed by atoms with Gasteiger partial charge < -0.3 is 19.9 Å². The quantitative estimate of drug-likeness (QED) is 0.506.